The number of aliphatic hydroxyl groups is 1. The molecule has 3 N–H and O–H groups in total. The van der Waals surface area contributed by atoms with Crippen LogP contribution < -0.4 is 5.32 Å². The fourth-order valence-electron chi connectivity index (χ4n) is 2.05. The highest BCUT2D eigenvalue weighted by Crippen LogP contribution is 2.19. The van der Waals surface area contributed by atoms with Crippen LogP contribution in [-0.2, 0) is 0 Å². The van der Waals surface area contributed by atoms with Gasteiger partial charge >= 0.3 is 6.03 Å². The fraction of sp³-hybridized carbons (Fsp3) is 0.467. The number of carbonyl (C=O) groups is 1. The number of hydrogen-bond donors (Lipinski definition) is 3. The maximum Gasteiger partial charge on any atom is 0.317 e. The van der Waals surface area contributed by atoms with Gasteiger partial charge in [0.1, 0.15) is 5.82 Å². The van der Waals surface area contributed by atoms with Gasteiger partial charge in [-0.05, 0) is 38.5 Å². The van der Waals surface area contributed by atoms with Crippen LogP contribution in [-0.4, -0.2) is 45.7 Å². The number of halogens is 1. The Hall–Kier alpha value is -1.79. The molecule has 2 amide bonds. The highest BCUT2D eigenvalue weighted by Gasteiger charge is 2.16. The third-order valence-corrected chi connectivity index (χ3v) is 3.68. The summed E-state index contributed by atoms with van der Waals surface area (Å²) in [5, 5.41) is 12.8. The van der Waals surface area contributed by atoms with Gasteiger partial charge in [0.2, 0.25) is 0 Å². The molecular weight excluding hydrogens is 304 g/mol. The average molecular weight is 325 g/mol. The summed E-state index contributed by atoms with van der Waals surface area (Å²) >= 11 is 5.95. The van der Waals surface area contributed by atoms with Crippen molar-refractivity contribution in [3.8, 4) is 0 Å². The molecule has 2 atom stereocenters. The van der Waals surface area contributed by atoms with Crippen LogP contribution in [0, 0.1) is 0 Å². The highest BCUT2D eigenvalue weighted by molar-refractivity contribution is 6.31. The molecule has 0 aliphatic carbocycles. The third-order valence-electron chi connectivity index (χ3n) is 3.44. The van der Waals surface area contributed by atoms with E-state index in [2.05, 4.69) is 15.3 Å². The Kier molecular flexibility index (Phi) is 5.26. The van der Waals surface area contributed by atoms with Crippen LogP contribution in [0.4, 0.5) is 4.79 Å². The SMILES string of the molecule is C[C@H](O)CCN(C)C(=O)N[C@H](C)c1nc2ccc(Cl)cc2[nH]1. The summed E-state index contributed by atoms with van der Waals surface area (Å²) in [7, 11) is 1.70. The zero-order chi connectivity index (χ0) is 16.3. The maximum absolute atomic E-state index is 12.1. The quantitative estimate of drug-likeness (QED) is 0.791. The molecule has 0 bridgehead atoms. The van der Waals surface area contributed by atoms with Crippen molar-refractivity contribution in [2.24, 2.45) is 0 Å². The van der Waals surface area contributed by atoms with Crippen LogP contribution in [0.1, 0.15) is 32.1 Å². The lowest BCUT2D eigenvalue weighted by molar-refractivity contribution is 0.162. The fourth-order valence-corrected chi connectivity index (χ4v) is 2.22. The maximum atomic E-state index is 12.1. The molecule has 0 radical (unpaired) electrons. The molecule has 0 unspecified atom stereocenters. The summed E-state index contributed by atoms with van der Waals surface area (Å²) in [4.78, 5) is 21.2. The molecule has 0 saturated carbocycles. The van der Waals surface area contributed by atoms with E-state index in [0.717, 1.165) is 11.0 Å². The number of imidazole rings is 1. The number of nitrogens with one attached hydrogen (secondary N) is 2. The molecule has 1 aromatic carbocycles. The number of aliphatic hydroxyl groups excluding tert-OH is 1. The lowest BCUT2D eigenvalue weighted by Crippen LogP contribution is -2.39. The molecule has 6 nitrogen and oxygen atoms in total. The molecule has 7 heteroatoms. The lowest BCUT2D eigenvalue weighted by Gasteiger charge is -2.21. The van der Waals surface area contributed by atoms with Gasteiger partial charge in [-0.1, -0.05) is 11.6 Å². The van der Waals surface area contributed by atoms with E-state index in [-0.39, 0.29) is 12.1 Å². The molecule has 22 heavy (non-hydrogen) atoms. The first-order valence-corrected chi connectivity index (χ1v) is 7.59. The monoisotopic (exact) mass is 324 g/mol. The first-order chi connectivity index (χ1) is 10.4. The van der Waals surface area contributed by atoms with Gasteiger partial charge in [-0.2, -0.15) is 0 Å². The number of rotatable bonds is 5. The number of H-pyrrole nitrogens is 1. The van der Waals surface area contributed by atoms with Crippen molar-refractivity contribution in [1.29, 1.82) is 0 Å². The summed E-state index contributed by atoms with van der Waals surface area (Å²) in [5.41, 5.74) is 1.65. The lowest BCUT2D eigenvalue weighted by atomic mass is 10.3. The van der Waals surface area contributed by atoms with Crippen LogP contribution in [0.3, 0.4) is 0 Å². The van der Waals surface area contributed by atoms with Gasteiger partial charge in [-0.15, -0.1) is 0 Å². The Morgan fingerprint density at radius 3 is 2.91 bits per heavy atom. The molecule has 0 saturated heterocycles. The van der Waals surface area contributed by atoms with Crippen molar-refractivity contribution in [1.82, 2.24) is 20.2 Å². The number of amides is 2. The Morgan fingerprint density at radius 2 is 2.23 bits per heavy atom. The first kappa shape index (κ1) is 16.6. The van der Waals surface area contributed by atoms with E-state index < -0.39 is 6.10 Å². The van der Waals surface area contributed by atoms with Crippen molar-refractivity contribution in [3.63, 3.8) is 0 Å². The van der Waals surface area contributed by atoms with E-state index in [1.807, 2.05) is 13.0 Å². The molecule has 120 valence electrons. The smallest absolute Gasteiger partial charge is 0.317 e. The summed E-state index contributed by atoms with van der Waals surface area (Å²) in [6.45, 7) is 4.06. The molecule has 0 aliphatic rings. The predicted molar refractivity (Wildman–Crippen MR) is 87.0 cm³/mol. The summed E-state index contributed by atoms with van der Waals surface area (Å²) in [6, 6.07) is 4.96. The van der Waals surface area contributed by atoms with Gasteiger partial charge in [0.15, 0.2) is 0 Å². The predicted octanol–water partition coefficient (Wildman–Crippen LogP) is 2.69. The van der Waals surface area contributed by atoms with Gasteiger partial charge < -0.3 is 20.3 Å². The number of benzene rings is 1. The van der Waals surface area contributed by atoms with Crippen LogP contribution in [0.15, 0.2) is 18.2 Å². The Morgan fingerprint density at radius 1 is 1.50 bits per heavy atom. The number of hydrogen-bond acceptors (Lipinski definition) is 3. The number of urea groups is 1. The number of fused-ring (bicyclic) bond motifs is 1. The molecule has 1 heterocycles. The molecular formula is C15H21ClN4O2. The van der Waals surface area contributed by atoms with Gasteiger partial charge in [0.25, 0.3) is 0 Å². The van der Waals surface area contributed by atoms with Crippen LogP contribution in [0.25, 0.3) is 11.0 Å². The van der Waals surface area contributed by atoms with Crippen LogP contribution in [0.2, 0.25) is 5.02 Å². The number of aromatic amines is 1. The minimum atomic E-state index is -0.423. The Balaban J connectivity index is 2.00. The standard InChI is InChI=1S/C15H21ClN4O2/c1-9(21)6-7-20(3)15(22)17-10(2)14-18-12-5-4-11(16)8-13(12)19-14/h4-5,8-10,21H,6-7H2,1-3H3,(H,17,22)(H,18,19)/t9-,10+/m0/s1. The van der Waals surface area contributed by atoms with Gasteiger partial charge in [0.05, 0.1) is 23.2 Å². The van der Waals surface area contributed by atoms with Gasteiger partial charge in [0, 0.05) is 18.6 Å². The Labute approximate surface area is 134 Å². The second kappa shape index (κ2) is 6.98. The molecule has 0 spiro atoms. The zero-order valence-electron chi connectivity index (χ0n) is 12.9. The summed E-state index contributed by atoms with van der Waals surface area (Å²) < 4.78 is 0. The van der Waals surface area contributed by atoms with E-state index >= 15 is 0 Å². The number of nitrogens with zero attached hydrogens (tertiary/aromatic N) is 2. The minimum Gasteiger partial charge on any atom is -0.393 e. The molecule has 2 rings (SSSR count). The molecule has 1 aromatic heterocycles. The van der Waals surface area contributed by atoms with Crippen LogP contribution >= 0.6 is 11.6 Å². The van der Waals surface area contributed by atoms with Crippen molar-refractivity contribution < 1.29 is 9.90 Å². The van der Waals surface area contributed by atoms with Crippen molar-refractivity contribution in [2.45, 2.75) is 32.4 Å². The van der Waals surface area contributed by atoms with E-state index in [4.69, 9.17) is 11.6 Å². The van der Waals surface area contributed by atoms with E-state index in [9.17, 15) is 9.90 Å². The Bertz CT molecular complexity index is 656. The van der Waals surface area contributed by atoms with Gasteiger partial charge in [-0.3, -0.25) is 0 Å². The van der Waals surface area contributed by atoms with E-state index in [1.54, 1.807) is 31.0 Å². The minimum absolute atomic E-state index is 0.202. The second-order valence-corrected chi connectivity index (χ2v) is 5.95. The first-order valence-electron chi connectivity index (χ1n) is 7.21. The third kappa shape index (κ3) is 4.11. The van der Waals surface area contributed by atoms with E-state index in [0.29, 0.717) is 23.8 Å². The van der Waals surface area contributed by atoms with Crippen molar-refractivity contribution >= 4 is 28.7 Å². The molecule has 2 aromatic rings. The molecule has 0 fully saturated rings. The summed E-state index contributed by atoms with van der Waals surface area (Å²) in [6.07, 6.45) is 0.120. The van der Waals surface area contributed by atoms with Crippen LogP contribution in [0.5, 0.6) is 0 Å². The largest absolute Gasteiger partial charge is 0.393 e. The zero-order valence-corrected chi connectivity index (χ0v) is 13.7. The average Bonchev–Trinajstić information content (AvgIpc) is 2.87. The van der Waals surface area contributed by atoms with Gasteiger partial charge in [-0.25, -0.2) is 9.78 Å². The van der Waals surface area contributed by atoms with E-state index in [1.165, 1.54) is 0 Å². The van der Waals surface area contributed by atoms with Crippen molar-refractivity contribution in [2.75, 3.05) is 13.6 Å². The highest BCUT2D eigenvalue weighted by atomic mass is 35.5. The molecule has 0 aliphatic heterocycles. The number of carbonyl (C=O) groups excluding carboxylic acids is 1. The topological polar surface area (TPSA) is 81.2 Å². The normalized spacial score (nSPS) is 13.9. The second-order valence-electron chi connectivity index (χ2n) is 5.51. The van der Waals surface area contributed by atoms with Crippen molar-refractivity contribution in [3.05, 3.63) is 29.0 Å². The number of aromatic nitrogens is 2. The summed E-state index contributed by atoms with van der Waals surface area (Å²) in [5.74, 6) is 0.676.